The summed E-state index contributed by atoms with van der Waals surface area (Å²) in [5.41, 5.74) is 2.46. The van der Waals surface area contributed by atoms with Gasteiger partial charge in [0.1, 0.15) is 0 Å². The molecule has 0 radical (unpaired) electrons. The van der Waals surface area contributed by atoms with Crippen molar-refractivity contribution in [3.05, 3.63) is 28.2 Å². The summed E-state index contributed by atoms with van der Waals surface area (Å²) in [5.74, 6) is 1.07. The summed E-state index contributed by atoms with van der Waals surface area (Å²) in [5, 5.41) is 4.46. The molecular weight excluding hydrogens is 296 g/mol. The maximum atomic E-state index is 4.76. The normalized spacial score (nSPS) is 23.6. The van der Waals surface area contributed by atoms with Gasteiger partial charge in [-0.2, -0.15) is 0 Å². The molecular formula is C13H17BrN2S. The van der Waals surface area contributed by atoms with E-state index in [1.54, 1.807) is 11.8 Å². The van der Waals surface area contributed by atoms with Gasteiger partial charge in [0.2, 0.25) is 0 Å². The molecule has 92 valence electrons. The van der Waals surface area contributed by atoms with Crippen LogP contribution in [0.1, 0.15) is 25.8 Å². The van der Waals surface area contributed by atoms with E-state index in [9.17, 15) is 0 Å². The predicted octanol–water partition coefficient (Wildman–Crippen LogP) is 4.44. The lowest BCUT2D eigenvalue weighted by Gasteiger charge is -2.15. The maximum Gasteiger partial charge on any atom is 0.161 e. The third-order valence-corrected chi connectivity index (χ3v) is 5.25. The van der Waals surface area contributed by atoms with Crippen LogP contribution in [-0.4, -0.2) is 16.5 Å². The first-order valence-corrected chi connectivity index (χ1v) is 7.57. The van der Waals surface area contributed by atoms with E-state index in [1.165, 1.54) is 5.56 Å². The van der Waals surface area contributed by atoms with E-state index < -0.39 is 0 Å². The Balaban J connectivity index is 2.18. The van der Waals surface area contributed by atoms with E-state index in [2.05, 4.69) is 54.2 Å². The van der Waals surface area contributed by atoms with Crippen LogP contribution in [0.5, 0.6) is 0 Å². The van der Waals surface area contributed by atoms with E-state index in [1.807, 2.05) is 6.07 Å². The highest BCUT2D eigenvalue weighted by molar-refractivity contribution is 9.10. The molecule has 0 spiro atoms. The first-order valence-electron chi connectivity index (χ1n) is 5.79. The van der Waals surface area contributed by atoms with Crippen LogP contribution in [0.25, 0.3) is 0 Å². The van der Waals surface area contributed by atoms with Crippen molar-refractivity contribution in [1.29, 1.82) is 0 Å². The summed E-state index contributed by atoms with van der Waals surface area (Å²) >= 11 is 5.35. The Bertz CT molecular complexity index is 459. The largest absolute Gasteiger partial charge is 0.335 e. The average molecular weight is 313 g/mol. The van der Waals surface area contributed by atoms with Gasteiger partial charge in [-0.05, 0) is 38.0 Å². The summed E-state index contributed by atoms with van der Waals surface area (Å²) in [6.45, 7) is 6.51. The zero-order valence-electron chi connectivity index (χ0n) is 10.4. The Labute approximate surface area is 115 Å². The van der Waals surface area contributed by atoms with Crippen molar-refractivity contribution >= 4 is 38.5 Å². The Kier molecular flexibility index (Phi) is 3.83. The van der Waals surface area contributed by atoms with Crippen LogP contribution >= 0.6 is 27.7 Å². The maximum absolute atomic E-state index is 4.76. The average Bonchev–Trinajstić information content (AvgIpc) is 2.68. The number of hydrogen-bond acceptors (Lipinski definition) is 3. The van der Waals surface area contributed by atoms with Gasteiger partial charge in [-0.15, -0.1) is 0 Å². The van der Waals surface area contributed by atoms with Gasteiger partial charge in [0.15, 0.2) is 5.17 Å². The fourth-order valence-corrected chi connectivity index (χ4v) is 3.19. The zero-order chi connectivity index (χ0) is 12.5. The molecule has 4 heteroatoms. The van der Waals surface area contributed by atoms with Gasteiger partial charge in [-0.25, -0.2) is 0 Å². The minimum Gasteiger partial charge on any atom is -0.335 e. The molecule has 0 bridgehead atoms. The van der Waals surface area contributed by atoms with Gasteiger partial charge in [0.05, 0.1) is 5.54 Å². The van der Waals surface area contributed by atoms with E-state index >= 15 is 0 Å². The second kappa shape index (κ2) is 5.02. The van der Waals surface area contributed by atoms with Crippen LogP contribution < -0.4 is 5.32 Å². The van der Waals surface area contributed by atoms with Crippen molar-refractivity contribution in [3.63, 3.8) is 0 Å². The first kappa shape index (κ1) is 13.0. The molecule has 1 heterocycles. The van der Waals surface area contributed by atoms with Crippen LogP contribution in [-0.2, 0) is 0 Å². The summed E-state index contributed by atoms with van der Waals surface area (Å²) in [7, 11) is 0. The van der Waals surface area contributed by atoms with Crippen molar-refractivity contribution in [2.24, 2.45) is 4.99 Å². The molecule has 1 aromatic rings. The van der Waals surface area contributed by atoms with Gasteiger partial charge in [0.25, 0.3) is 0 Å². The van der Waals surface area contributed by atoms with Crippen LogP contribution in [0.15, 0.2) is 27.7 Å². The number of amidine groups is 1. The number of anilines is 1. The molecule has 0 saturated heterocycles. The van der Waals surface area contributed by atoms with Crippen LogP contribution in [0.4, 0.5) is 5.69 Å². The molecule has 1 aliphatic rings. The van der Waals surface area contributed by atoms with Crippen molar-refractivity contribution < 1.29 is 0 Å². The van der Waals surface area contributed by atoms with E-state index in [0.717, 1.165) is 27.5 Å². The molecule has 0 amide bonds. The zero-order valence-corrected chi connectivity index (χ0v) is 12.8. The third-order valence-electron chi connectivity index (χ3n) is 3.16. The molecule has 1 N–H and O–H groups in total. The van der Waals surface area contributed by atoms with Gasteiger partial charge in [-0.3, -0.25) is 4.99 Å². The fourth-order valence-electron chi connectivity index (χ4n) is 1.64. The number of rotatable bonds is 2. The molecule has 1 unspecified atom stereocenters. The molecule has 2 nitrogen and oxygen atoms in total. The quantitative estimate of drug-likeness (QED) is 0.873. The topological polar surface area (TPSA) is 24.4 Å². The molecule has 0 aliphatic carbocycles. The van der Waals surface area contributed by atoms with E-state index in [0.29, 0.717) is 0 Å². The number of thioether (sulfide) groups is 1. The van der Waals surface area contributed by atoms with Crippen molar-refractivity contribution in [2.75, 3.05) is 11.1 Å². The Morgan fingerprint density at radius 3 is 2.94 bits per heavy atom. The van der Waals surface area contributed by atoms with Crippen LogP contribution in [0.3, 0.4) is 0 Å². The molecule has 17 heavy (non-hydrogen) atoms. The molecule has 1 atom stereocenters. The van der Waals surface area contributed by atoms with Crippen molar-refractivity contribution in [3.8, 4) is 0 Å². The van der Waals surface area contributed by atoms with Crippen LogP contribution in [0.2, 0.25) is 0 Å². The molecule has 1 aromatic carbocycles. The number of nitrogens with one attached hydrogen (secondary N) is 1. The molecule has 0 fully saturated rings. The first-order chi connectivity index (χ1) is 8.04. The summed E-state index contributed by atoms with van der Waals surface area (Å²) in [4.78, 5) is 4.76. The molecule has 1 aliphatic heterocycles. The highest BCUT2D eigenvalue weighted by Gasteiger charge is 2.28. The number of nitrogens with zero attached hydrogens (tertiary/aromatic N) is 1. The molecule has 0 saturated carbocycles. The smallest absolute Gasteiger partial charge is 0.161 e. The number of aliphatic imine (C=N–C) groups is 1. The lowest BCUT2D eigenvalue weighted by Crippen LogP contribution is -2.20. The van der Waals surface area contributed by atoms with Crippen LogP contribution in [0, 0.1) is 6.92 Å². The third kappa shape index (κ3) is 2.86. The fraction of sp³-hybridized carbons (Fsp3) is 0.462. The molecule has 0 aromatic heterocycles. The Morgan fingerprint density at radius 2 is 2.29 bits per heavy atom. The monoisotopic (exact) mass is 312 g/mol. The number of hydrogen-bond donors (Lipinski definition) is 1. The Hall–Kier alpha value is -0.480. The van der Waals surface area contributed by atoms with Gasteiger partial charge in [-0.1, -0.05) is 40.7 Å². The SMILES string of the molecule is CCC1(C)CSC(Nc2cccc(Br)c2C)=N1. The standard InChI is InChI=1S/C13H17BrN2S/c1-4-13(3)8-17-12(16-13)15-11-7-5-6-10(14)9(11)2/h5-7H,4,8H2,1-3H3,(H,15,16). The predicted molar refractivity (Wildman–Crippen MR) is 81.1 cm³/mol. The van der Waals surface area contributed by atoms with E-state index in [4.69, 9.17) is 4.99 Å². The van der Waals surface area contributed by atoms with Gasteiger partial charge in [0, 0.05) is 15.9 Å². The van der Waals surface area contributed by atoms with E-state index in [-0.39, 0.29) is 5.54 Å². The summed E-state index contributed by atoms with van der Waals surface area (Å²) in [6.07, 6.45) is 1.09. The van der Waals surface area contributed by atoms with Gasteiger partial charge < -0.3 is 5.32 Å². The summed E-state index contributed by atoms with van der Waals surface area (Å²) < 4.78 is 1.13. The number of benzene rings is 1. The Morgan fingerprint density at radius 1 is 1.53 bits per heavy atom. The highest BCUT2D eigenvalue weighted by atomic mass is 79.9. The lowest BCUT2D eigenvalue weighted by atomic mass is 10.0. The molecule has 2 rings (SSSR count). The van der Waals surface area contributed by atoms with Crippen molar-refractivity contribution in [2.45, 2.75) is 32.7 Å². The highest BCUT2D eigenvalue weighted by Crippen LogP contribution is 2.32. The minimum absolute atomic E-state index is 0.104. The van der Waals surface area contributed by atoms with Crippen molar-refractivity contribution in [1.82, 2.24) is 0 Å². The summed E-state index contributed by atoms with van der Waals surface area (Å²) in [6, 6.07) is 6.18. The second-order valence-electron chi connectivity index (χ2n) is 4.59. The number of halogens is 1. The minimum atomic E-state index is 0.104. The lowest BCUT2D eigenvalue weighted by molar-refractivity contribution is 0.523. The van der Waals surface area contributed by atoms with Gasteiger partial charge >= 0.3 is 0 Å². The second-order valence-corrected chi connectivity index (χ2v) is 6.41.